The average molecular weight is 589 g/mol. The van der Waals surface area contributed by atoms with Gasteiger partial charge in [0.05, 0.1) is 22.4 Å². The number of ether oxygens (including phenoxy) is 1. The Labute approximate surface area is 240 Å². The van der Waals surface area contributed by atoms with Crippen molar-refractivity contribution in [2.75, 3.05) is 5.32 Å². The number of rotatable bonds is 8. The first-order valence-electron chi connectivity index (χ1n) is 11.8. The van der Waals surface area contributed by atoms with Gasteiger partial charge in [-0.05, 0) is 54.6 Å². The summed E-state index contributed by atoms with van der Waals surface area (Å²) in [6.45, 7) is 0. The topological polar surface area (TPSA) is 153 Å². The van der Waals surface area contributed by atoms with E-state index in [1.165, 1.54) is 48.9 Å². The largest absolute Gasteiger partial charge is 0.459 e. The number of para-hydroxylation sites is 1. The van der Waals surface area contributed by atoms with E-state index in [2.05, 4.69) is 15.8 Å². The Kier molecular flexibility index (Phi) is 7.85. The molecular formula is C28H17ClN4O7S. The van der Waals surface area contributed by atoms with Crippen molar-refractivity contribution in [3.8, 4) is 5.75 Å². The molecule has 0 aliphatic carbocycles. The SMILES string of the molecule is O=C(N/N=C\c1ccccc1OC(=O)c1sc2cc([N+](=O)[O-])ccc2c1Cl)c1ccc(NC(=O)c2ccco2)cc1. The fraction of sp³-hybridized carbons (Fsp3) is 0. The van der Waals surface area contributed by atoms with Crippen molar-refractivity contribution >= 4 is 68.4 Å². The second kappa shape index (κ2) is 11.8. The fourth-order valence-corrected chi connectivity index (χ4v) is 5.07. The molecule has 2 N–H and O–H groups in total. The number of esters is 1. The van der Waals surface area contributed by atoms with Gasteiger partial charge in [0.2, 0.25) is 0 Å². The predicted molar refractivity (Wildman–Crippen MR) is 153 cm³/mol. The van der Waals surface area contributed by atoms with Crippen LogP contribution in [0.5, 0.6) is 5.75 Å². The quantitative estimate of drug-likeness (QED) is 0.0709. The molecule has 0 aliphatic rings. The lowest BCUT2D eigenvalue weighted by Gasteiger charge is -2.07. The van der Waals surface area contributed by atoms with E-state index in [1.54, 1.807) is 42.5 Å². The van der Waals surface area contributed by atoms with Crippen molar-refractivity contribution < 1.29 is 28.5 Å². The van der Waals surface area contributed by atoms with Gasteiger partial charge in [0.1, 0.15) is 10.6 Å². The average Bonchev–Trinajstić information content (AvgIpc) is 3.63. The zero-order chi connectivity index (χ0) is 28.9. The van der Waals surface area contributed by atoms with E-state index in [0.29, 0.717) is 21.3 Å². The molecule has 11 nitrogen and oxygen atoms in total. The number of hydrogen-bond acceptors (Lipinski definition) is 9. The lowest BCUT2D eigenvalue weighted by molar-refractivity contribution is -0.384. The number of non-ortho nitro benzene ring substituents is 1. The van der Waals surface area contributed by atoms with Gasteiger partial charge in [-0.3, -0.25) is 19.7 Å². The highest BCUT2D eigenvalue weighted by Crippen LogP contribution is 2.38. The highest BCUT2D eigenvalue weighted by molar-refractivity contribution is 7.21. The Bertz CT molecular complexity index is 1820. The number of anilines is 1. The van der Waals surface area contributed by atoms with Gasteiger partial charge in [0.15, 0.2) is 5.76 Å². The van der Waals surface area contributed by atoms with Crippen LogP contribution in [0.3, 0.4) is 0 Å². The Morgan fingerprint density at radius 3 is 2.51 bits per heavy atom. The summed E-state index contributed by atoms with van der Waals surface area (Å²) in [6, 6.07) is 19.9. The molecule has 3 aromatic carbocycles. The Balaban J connectivity index is 1.24. The summed E-state index contributed by atoms with van der Waals surface area (Å²) in [5.74, 6) is -1.36. The van der Waals surface area contributed by atoms with Crippen molar-refractivity contribution in [3.05, 3.63) is 122 Å². The number of nitrogens with one attached hydrogen (secondary N) is 2. The normalized spacial score (nSPS) is 11.0. The van der Waals surface area contributed by atoms with Gasteiger partial charge in [-0.25, -0.2) is 10.2 Å². The Morgan fingerprint density at radius 1 is 1.00 bits per heavy atom. The Morgan fingerprint density at radius 2 is 1.78 bits per heavy atom. The molecule has 0 saturated carbocycles. The number of carbonyl (C=O) groups is 3. The summed E-state index contributed by atoms with van der Waals surface area (Å²) in [7, 11) is 0. The molecule has 0 atom stereocenters. The van der Waals surface area contributed by atoms with Crippen LogP contribution < -0.4 is 15.5 Å². The maximum Gasteiger partial charge on any atom is 0.355 e. The molecule has 0 unspecified atom stereocenters. The first-order valence-corrected chi connectivity index (χ1v) is 13.0. The predicted octanol–water partition coefficient (Wildman–Crippen LogP) is 6.29. The number of benzene rings is 3. The number of thiophene rings is 1. The van der Waals surface area contributed by atoms with Crippen molar-refractivity contribution in [3.63, 3.8) is 0 Å². The van der Waals surface area contributed by atoms with E-state index < -0.39 is 22.7 Å². The van der Waals surface area contributed by atoms with Gasteiger partial charge < -0.3 is 14.5 Å². The maximum atomic E-state index is 12.9. The van der Waals surface area contributed by atoms with Crippen molar-refractivity contribution in [2.45, 2.75) is 0 Å². The molecule has 13 heteroatoms. The summed E-state index contributed by atoms with van der Waals surface area (Å²) in [4.78, 5) is 48.2. The summed E-state index contributed by atoms with van der Waals surface area (Å²) in [5.41, 5.74) is 3.43. The van der Waals surface area contributed by atoms with Crippen LogP contribution in [0.15, 0.2) is 94.6 Å². The van der Waals surface area contributed by atoms with E-state index in [-0.39, 0.29) is 32.7 Å². The monoisotopic (exact) mass is 588 g/mol. The summed E-state index contributed by atoms with van der Waals surface area (Å²) in [5, 5.41) is 18.3. The lowest BCUT2D eigenvalue weighted by Crippen LogP contribution is -2.18. The smallest absolute Gasteiger partial charge is 0.355 e. The molecular weight excluding hydrogens is 572 g/mol. The molecule has 2 amide bonds. The molecule has 0 fully saturated rings. The highest BCUT2D eigenvalue weighted by atomic mass is 35.5. The van der Waals surface area contributed by atoms with E-state index in [0.717, 1.165) is 11.3 Å². The zero-order valence-corrected chi connectivity index (χ0v) is 22.3. The second-order valence-corrected chi connectivity index (χ2v) is 9.75. The summed E-state index contributed by atoms with van der Waals surface area (Å²) >= 11 is 7.35. The minimum Gasteiger partial charge on any atom is -0.459 e. The molecule has 0 spiro atoms. The maximum absolute atomic E-state index is 12.9. The standard InChI is InChI=1S/C28H17ClN4O7S/c29-24-20-12-11-19(33(37)38)14-23(20)41-25(24)28(36)40-21-5-2-1-4-17(21)15-30-32-26(34)16-7-9-18(10-8-16)31-27(35)22-6-3-13-39-22/h1-15H,(H,31,35)(H,32,34)/b30-15-. The number of fused-ring (bicyclic) bond motifs is 1. The molecule has 2 aromatic heterocycles. The van der Waals surface area contributed by atoms with Crippen LogP contribution in [-0.4, -0.2) is 28.9 Å². The Hall–Kier alpha value is -5.33. The van der Waals surface area contributed by atoms with Crippen molar-refractivity contribution in [2.24, 2.45) is 5.10 Å². The molecule has 5 aromatic rings. The summed E-state index contributed by atoms with van der Waals surface area (Å²) < 4.78 is 11.1. The highest BCUT2D eigenvalue weighted by Gasteiger charge is 2.21. The number of nitro groups is 1. The molecule has 0 bridgehead atoms. The molecule has 0 aliphatic heterocycles. The number of amides is 2. The van der Waals surface area contributed by atoms with E-state index in [9.17, 15) is 24.5 Å². The van der Waals surface area contributed by atoms with Crippen LogP contribution in [0.25, 0.3) is 10.1 Å². The van der Waals surface area contributed by atoms with Gasteiger partial charge in [-0.1, -0.05) is 23.7 Å². The number of hydrazone groups is 1. The van der Waals surface area contributed by atoms with Gasteiger partial charge in [-0.15, -0.1) is 11.3 Å². The van der Waals surface area contributed by atoms with Crippen molar-refractivity contribution in [1.82, 2.24) is 5.43 Å². The number of nitro benzene ring substituents is 1. The van der Waals surface area contributed by atoms with Crippen LogP contribution in [-0.2, 0) is 0 Å². The fourth-order valence-electron chi connectivity index (χ4n) is 3.66. The molecule has 0 radical (unpaired) electrons. The third kappa shape index (κ3) is 6.13. The van der Waals surface area contributed by atoms with E-state index in [1.807, 2.05) is 0 Å². The van der Waals surface area contributed by atoms with E-state index >= 15 is 0 Å². The van der Waals surface area contributed by atoms with Crippen LogP contribution in [0.4, 0.5) is 11.4 Å². The van der Waals surface area contributed by atoms with Gasteiger partial charge in [-0.2, -0.15) is 5.10 Å². The van der Waals surface area contributed by atoms with E-state index in [4.69, 9.17) is 20.8 Å². The summed E-state index contributed by atoms with van der Waals surface area (Å²) in [6.07, 6.45) is 2.71. The molecule has 204 valence electrons. The van der Waals surface area contributed by atoms with Crippen molar-refractivity contribution in [1.29, 1.82) is 0 Å². The number of carbonyl (C=O) groups excluding carboxylic acids is 3. The van der Waals surface area contributed by atoms with Crippen LogP contribution in [0, 0.1) is 10.1 Å². The minimum atomic E-state index is -0.747. The number of nitrogens with zero attached hydrogens (tertiary/aromatic N) is 2. The molecule has 2 heterocycles. The van der Waals surface area contributed by atoms with Gasteiger partial charge in [0.25, 0.3) is 17.5 Å². The third-order valence-corrected chi connectivity index (χ3v) is 7.29. The van der Waals surface area contributed by atoms with Crippen LogP contribution in [0.2, 0.25) is 5.02 Å². The van der Waals surface area contributed by atoms with Gasteiger partial charge in [0, 0.05) is 39.0 Å². The second-order valence-electron chi connectivity index (χ2n) is 8.32. The third-order valence-electron chi connectivity index (χ3n) is 5.65. The molecule has 41 heavy (non-hydrogen) atoms. The molecule has 5 rings (SSSR count). The zero-order valence-electron chi connectivity index (χ0n) is 20.7. The minimum absolute atomic E-state index is 0.0889. The lowest BCUT2D eigenvalue weighted by atomic mass is 10.2. The molecule has 0 saturated heterocycles. The first-order chi connectivity index (χ1) is 19.8. The number of halogens is 1. The van der Waals surface area contributed by atoms with Crippen LogP contribution >= 0.6 is 22.9 Å². The first kappa shape index (κ1) is 27.2. The number of furan rings is 1. The van der Waals surface area contributed by atoms with Gasteiger partial charge >= 0.3 is 5.97 Å². The number of hydrogen-bond donors (Lipinski definition) is 2. The van der Waals surface area contributed by atoms with Crippen LogP contribution in [0.1, 0.15) is 36.1 Å².